The van der Waals surface area contributed by atoms with Crippen LogP contribution in [0.5, 0.6) is 0 Å². The van der Waals surface area contributed by atoms with E-state index in [1.165, 1.54) is 18.4 Å². The normalized spacial score (nSPS) is 15.1. The Morgan fingerprint density at radius 3 is 2.75 bits per heavy atom. The van der Waals surface area contributed by atoms with Gasteiger partial charge in [0.25, 0.3) is 0 Å². The minimum absolute atomic E-state index is 0.123. The molecule has 3 N–H and O–H groups in total. The van der Waals surface area contributed by atoms with Gasteiger partial charge in [0.15, 0.2) is 5.96 Å². The number of carbonyl (C=O) groups is 1. The van der Waals surface area contributed by atoms with Crippen LogP contribution in [0, 0.1) is 6.92 Å². The highest BCUT2D eigenvalue weighted by Gasteiger charge is 2.16. The van der Waals surface area contributed by atoms with Crippen molar-refractivity contribution in [1.29, 1.82) is 0 Å². The monoisotopic (exact) mass is 384 g/mol. The van der Waals surface area contributed by atoms with Crippen molar-refractivity contribution in [1.82, 2.24) is 25.5 Å². The molecule has 0 radical (unpaired) electrons. The standard InChI is InChI=1S/C21H32N6O/c1-16-25-18-10-5-6-11-19(18)27(16)15-7-13-23-21(22-2)24-14-12-20(28)26-17-8-3-4-9-17/h5-6,10-11,17H,3-4,7-9,12-15H2,1-2H3,(H,26,28)(H2,22,23,24). The highest BCUT2D eigenvalue weighted by Crippen LogP contribution is 2.17. The summed E-state index contributed by atoms with van der Waals surface area (Å²) >= 11 is 0. The molecular formula is C21H32N6O. The molecular weight excluding hydrogens is 352 g/mol. The molecule has 3 rings (SSSR count). The van der Waals surface area contributed by atoms with Gasteiger partial charge in [-0.2, -0.15) is 0 Å². The van der Waals surface area contributed by atoms with Gasteiger partial charge in [-0.1, -0.05) is 25.0 Å². The van der Waals surface area contributed by atoms with Crippen molar-refractivity contribution in [3.05, 3.63) is 30.1 Å². The van der Waals surface area contributed by atoms with Crippen LogP contribution >= 0.6 is 0 Å². The summed E-state index contributed by atoms with van der Waals surface area (Å²) in [4.78, 5) is 20.8. The van der Waals surface area contributed by atoms with Gasteiger partial charge >= 0.3 is 0 Å². The van der Waals surface area contributed by atoms with E-state index in [0.29, 0.717) is 19.0 Å². The number of aryl methyl sites for hydroxylation is 2. The fraction of sp³-hybridized carbons (Fsp3) is 0.571. The molecule has 0 spiro atoms. The van der Waals surface area contributed by atoms with Crippen molar-refractivity contribution in [2.24, 2.45) is 4.99 Å². The number of hydrogen-bond donors (Lipinski definition) is 3. The molecule has 1 saturated carbocycles. The zero-order valence-corrected chi connectivity index (χ0v) is 17.0. The summed E-state index contributed by atoms with van der Waals surface area (Å²) in [6, 6.07) is 8.61. The quantitative estimate of drug-likeness (QED) is 0.371. The number of fused-ring (bicyclic) bond motifs is 1. The summed E-state index contributed by atoms with van der Waals surface area (Å²) in [5.74, 6) is 1.90. The van der Waals surface area contributed by atoms with Crippen molar-refractivity contribution in [3.63, 3.8) is 0 Å². The van der Waals surface area contributed by atoms with Crippen molar-refractivity contribution >= 4 is 22.9 Å². The number of nitrogens with zero attached hydrogens (tertiary/aromatic N) is 3. The van der Waals surface area contributed by atoms with Gasteiger partial charge in [-0.15, -0.1) is 0 Å². The highest BCUT2D eigenvalue weighted by atomic mass is 16.1. The van der Waals surface area contributed by atoms with E-state index in [1.54, 1.807) is 7.05 Å². The molecule has 1 aromatic carbocycles. The van der Waals surface area contributed by atoms with E-state index in [9.17, 15) is 4.79 Å². The van der Waals surface area contributed by atoms with Crippen LogP contribution in [0.3, 0.4) is 0 Å². The number of rotatable bonds is 8. The Bertz CT molecular complexity index is 806. The summed E-state index contributed by atoms with van der Waals surface area (Å²) in [5.41, 5.74) is 2.22. The van der Waals surface area contributed by atoms with Crippen LogP contribution in [0.4, 0.5) is 0 Å². The molecule has 1 heterocycles. The molecule has 1 aromatic heterocycles. The molecule has 2 aromatic rings. The SMILES string of the molecule is CN=C(NCCCn1c(C)nc2ccccc21)NCCC(=O)NC1CCCC1. The molecule has 0 unspecified atom stereocenters. The first-order valence-electron chi connectivity index (χ1n) is 10.3. The second-order valence-corrected chi connectivity index (χ2v) is 7.38. The van der Waals surface area contributed by atoms with E-state index in [2.05, 4.69) is 36.6 Å². The number of guanidine groups is 1. The Labute approximate surface area is 167 Å². The first-order chi connectivity index (χ1) is 13.7. The lowest BCUT2D eigenvalue weighted by Gasteiger charge is -2.14. The van der Waals surface area contributed by atoms with Crippen LogP contribution in [0.1, 0.15) is 44.3 Å². The predicted molar refractivity (Wildman–Crippen MR) is 113 cm³/mol. The van der Waals surface area contributed by atoms with Gasteiger partial charge in [0.1, 0.15) is 5.82 Å². The summed E-state index contributed by atoms with van der Waals surface area (Å²) < 4.78 is 2.25. The second kappa shape index (κ2) is 10.1. The van der Waals surface area contributed by atoms with E-state index >= 15 is 0 Å². The van der Waals surface area contributed by atoms with E-state index in [4.69, 9.17) is 0 Å². The number of aliphatic imine (C=N–C) groups is 1. The van der Waals surface area contributed by atoms with E-state index in [-0.39, 0.29) is 5.91 Å². The zero-order chi connectivity index (χ0) is 19.8. The average Bonchev–Trinajstić information content (AvgIpc) is 3.31. The van der Waals surface area contributed by atoms with Crippen LogP contribution < -0.4 is 16.0 Å². The number of aromatic nitrogens is 2. The van der Waals surface area contributed by atoms with Crippen molar-refractivity contribution in [3.8, 4) is 0 Å². The molecule has 1 aliphatic carbocycles. The van der Waals surface area contributed by atoms with Gasteiger partial charge in [-0.05, 0) is 38.3 Å². The molecule has 0 aliphatic heterocycles. The van der Waals surface area contributed by atoms with E-state index < -0.39 is 0 Å². The maximum atomic E-state index is 12.0. The minimum Gasteiger partial charge on any atom is -0.356 e. The van der Waals surface area contributed by atoms with Crippen molar-refractivity contribution in [2.75, 3.05) is 20.1 Å². The molecule has 0 bridgehead atoms. The Hall–Kier alpha value is -2.57. The largest absolute Gasteiger partial charge is 0.356 e. The Morgan fingerprint density at radius 1 is 1.21 bits per heavy atom. The minimum atomic E-state index is 0.123. The van der Waals surface area contributed by atoms with Gasteiger partial charge in [0.2, 0.25) is 5.91 Å². The van der Waals surface area contributed by atoms with E-state index in [1.807, 2.05) is 25.1 Å². The van der Waals surface area contributed by atoms with E-state index in [0.717, 1.165) is 49.7 Å². The van der Waals surface area contributed by atoms with Gasteiger partial charge in [0.05, 0.1) is 11.0 Å². The Morgan fingerprint density at radius 2 is 1.96 bits per heavy atom. The molecule has 152 valence electrons. The molecule has 1 fully saturated rings. The molecule has 0 atom stereocenters. The first kappa shape index (κ1) is 20.2. The second-order valence-electron chi connectivity index (χ2n) is 7.38. The third-order valence-electron chi connectivity index (χ3n) is 5.28. The van der Waals surface area contributed by atoms with Crippen LogP contribution in [0.15, 0.2) is 29.3 Å². The van der Waals surface area contributed by atoms with Gasteiger partial charge in [0, 0.05) is 39.1 Å². The maximum Gasteiger partial charge on any atom is 0.221 e. The summed E-state index contributed by atoms with van der Waals surface area (Å²) in [5, 5.41) is 9.65. The third-order valence-corrected chi connectivity index (χ3v) is 5.28. The number of hydrogen-bond acceptors (Lipinski definition) is 3. The topological polar surface area (TPSA) is 83.3 Å². The number of nitrogens with one attached hydrogen (secondary N) is 3. The van der Waals surface area contributed by atoms with Crippen molar-refractivity contribution in [2.45, 2.75) is 58.0 Å². The average molecular weight is 385 g/mol. The smallest absolute Gasteiger partial charge is 0.221 e. The molecule has 7 nitrogen and oxygen atoms in total. The summed E-state index contributed by atoms with van der Waals surface area (Å²) in [6.45, 7) is 4.34. The zero-order valence-electron chi connectivity index (χ0n) is 17.0. The lowest BCUT2D eigenvalue weighted by atomic mass is 10.2. The first-order valence-corrected chi connectivity index (χ1v) is 10.3. The van der Waals surface area contributed by atoms with Crippen LogP contribution in [0.2, 0.25) is 0 Å². The van der Waals surface area contributed by atoms with Crippen LogP contribution in [-0.4, -0.2) is 47.6 Å². The Kier molecular flexibility index (Phi) is 7.28. The van der Waals surface area contributed by atoms with Crippen LogP contribution in [-0.2, 0) is 11.3 Å². The number of imidazole rings is 1. The third kappa shape index (κ3) is 5.47. The van der Waals surface area contributed by atoms with Gasteiger partial charge in [-0.25, -0.2) is 4.98 Å². The van der Waals surface area contributed by atoms with Gasteiger partial charge < -0.3 is 20.5 Å². The highest BCUT2D eigenvalue weighted by molar-refractivity contribution is 5.81. The molecule has 0 saturated heterocycles. The fourth-order valence-corrected chi connectivity index (χ4v) is 3.81. The molecule has 7 heteroatoms. The number of benzene rings is 1. The number of amides is 1. The maximum absolute atomic E-state index is 12.0. The number of para-hydroxylation sites is 2. The summed E-state index contributed by atoms with van der Waals surface area (Å²) in [6.07, 6.45) is 6.13. The van der Waals surface area contributed by atoms with Crippen LogP contribution in [0.25, 0.3) is 11.0 Å². The van der Waals surface area contributed by atoms with Crippen molar-refractivity contribution < 1.29 is 4.79 Å². The number of carbonyl (C=O) groups excluding carboxylic acids is 1. The molecule has 1 amide bonds. The lowest BCUT2D eigenvalue weighted by Crippen LogP contribution is -2.40. The fourth-order valence-electron chi connectivity index (χ4n) is 3.81. The lowest BCUT2D eigenvalue weighted by molar-refractivity contribution is -0.121. The predicted octanol–water partition coefficient (Wildman–Crippen LogP) is 2.35. The molecule has 28 heavy (non-hydrogen) atoms. The molecule has 1 aliphatic rings. The van der Waals surface area contributed by atoms with Gasteiger partial charge in [-0.3, -0.25) is 9.79 Å². The summed E-state index contributed by atoms with van der Waals surface area (Å²) in [7, 11) is 1.75. The Balaban J connectivity index is 1.35.